The van der Waals surface area contributed by atoms with Crippen LogP contribution in [0, 0.1) is 5.92 Å². The predicted molar refractivity (Wildman–Crippen MR) is 153 cm³/mol. The Balaban J connectivity index is 0.00000172. The molecule has 0 spiro atoms. The average Bonchev–Trinajstić information content (AvgIpc) is 3.57. The lowest BCUT2D eigenvalue weighted by Gasteiger charge is -2.38. The van der Waals surface area contributed by atoms with Crippen molar-refractivity contribution in [3.63, 3.8) is 0 Å². The summed E-state index contributed by atoms with van der Waals surface area (Å²) in [5, 5.41) is 12.5. The lowest BCUT2D eigenvalue weighted by molar-refractivity contribution is 0.0178. The first kappa shape index (κ1) is 28.7. The molecule has 8 nitrogen and oxygen atoms in total. The number of amides is 1. The van der Waals surface area contributed by atoms with E-state index in [0.717, 1.165) is 37.5 Å². The Hall–Kier alpha value is -3.30. The Morgan fingerprint density at radius 1 is 1.18 bits per heavy atom. The number of anilines is 1. The van der Waals surface area contributed by atoms with Crippen LogP contribution in [0.4, 0.5) is 10.6 Å². The van der Waals surface area contributed by atoms with Gasteiger partial charge in [0.05, 0.1) is 16.5 Å². The third kappa shape index (κ3) is 6.65. The maximum absolute atomic E-state index is 13.6. The normalized spacial score (nSPS) is 20.5. The highest BCUT2D eigenvalue weighted by Crippen LogP contribution is 2.38. The smallest absolute Gasteiger partial charge is 0.411 e. The number of ketones is 1. The molecule has 208 valence electrons. The largest absolute Gasteiger partial charge is 0.444 e. The molecule has 0 saturated heterocycles. The highest BCUT2D eigenvalue weighted by Gasteiger charge is 2.35. The molecule has 3 unspecified atom stereocenters. The molecule has 1 fully saturated rings. The van der Waals surface area contributed by atoms with Gasteiger partial charge in [0, 0.05) is 25.9 Å². The summed E-state index contributed by atoms with van der Waals surface area (Å²) in [6.45, 7) is 8.43. The number of nitrogens with zero attached hydrogens (tertiary/aromatic N) is 3. The van der Waals surface area contributed by atoms with Crippen LogP contribution in [0.3, 0.4) is 0 Å². The van der Waals surface area contributed by atoms with Crippen molar-refractivity contribution in [2.24, 2.45) is 5.92 Å². The minimum absolute atomic E-state index is 0.113. The summed E-state index contributed by atoms with van der Waals surface area (Å²) in [7, 11) is 1.00. The highest BCUT2D eigenvalue weighted by atomic mass is 32.1. The van der Waals surface area contributed by atoms with E-state index >= 15 is 0 Å². The Kier molecular flexibility index (Phi) is 9.02. The van der Waals surface area contributed by atoms with Crippen molar-refractivity contribution in [3.05, 3.63) is 75.4 Å². The predicted octanol–water partition coefficient (Wildman–Crippen LogP) is 5.86. The van der Waals surface area contributed by atoms with E-state index in [4.69, 9.17) is 9.84 Å². The molecule has 1 saturated carbocycles. The van der Waals surface area contributed by atoms with Crippen LogP contribution in [-0.4, -0.2) is 57.1 Å². The van der Waals surface area contributed by atoms with Crippen LogP contribution >= 0.6 is 11.3 Å². The Morgan fingerprint density at radius 3 is 2.67 bits per heavy atom. The molecule has 39 heavy (non-hydrogen) atoms. The number of carbonyl (C=O) groups is 2. The first-order chi connectivity index (χ1) is 18.7. The van der Waals surface area contributed by atoms with E-state index in [1.54, 1.807) is 11.1 Å². The van der Waals surface area contributed by atoms with Crippen LogP contribution in [0.15, 0.2) is 48.2 Å². The number of aliphatic hydroxyl groups excluding tert-OH is 1. The Labute approximate surface area is 234 Å². The van der Waals surface area contributed by atoms with Gasteiger partial charge in [-0.25, -0.2) is 14.8 Å². The number of aliphatic hydroxyl groups is 1. The molecule has 1 amide bonds. The zero-order valence-electron chi connectivity index (χ0n) is 23.3. The van der Waals surface area contributed by atoms with E-state index in [0.29, 0.717) is 34.8 Å². The molecule has 3 heterocycles. The summed E-state index contributed by atoms with van der Waals surface area (Å²) in [6, 6.07) is 10.1. The quantitative estimate of drug-likeness (QED) is 0.383. The number of ether oxygens (including phenoxy) is 1. The molecule has 2 N–H and O–H groups in total. The Bertz CT molecular complexity index is 1300. The van der Waals surface area contributed by atoms with Crippen molar-refractivity contribution in [1.29, 1.82) is 0 Å². The number of carbonyl (C=O) groups excluding carboxylic acids is 2. The minimum atomic E-state index is -0.595. The number of fused-ring (bicyclic) bond motifs is 1. The van der Waals surface area contributed by atoms with Crippen molar-refractivity contribution in [1.82, 2.24) is 14.9 Å². The van der Waals surface area contributed by atoms with Gasteiger partial charge in [0.25, 0.3) is 0 Å². The second-order valence-corrected chi connectivity index (χ2v) is 12.1. The van der Waals surface area contributed by atoms with Gasteiger partial charge in [0.15, 0.2) is 0 Å². The number of benzene rings is 1. The lowest BCUT2D eigenvalue weighted by Crippen LogP contribution is -2.43. The summed E-state index contributed by atoms with van der Waals surface area (Å²) >= 11 is 1.39. The first-order valence-electron chi connectivity index (χ1n) is 13.4. The van der Waals surface area contributed by atoms with Gasteiger partial charge in [0.1, 0.15) is 17.7 Å². The number of rotatable bonds is 5. The van der Waals surface area contributed by atoms with Crippen LogP contribution in [0.5, 0.6) is 0 Å². The molecule has 0 radical (unpaired) electrons. The molecule has 1 aliphatic carbocycles. The molecule has 3 atom stereocenters. The number of nitrogens with one attached hydrogen (secondary N) is 1. The fourth-order valence-electron chi connectivity index (χ4n) is 5.33. The van der Waals surface area contributed by atoms with Crippen LogP contribution in [0.25, 0.3) is 0 Å². The average molecular weight is 551 g/mol. The molecule has 9 heteroatoms. The standard InChI is InChI=1S/C29H34N4O3S.CH4O/c1-18-9-10-21(13-18)32-27-23(15-30-17-31-27)26(34)24-14-20(16-37-24)25-22-8-6-5-7-19(22)11-12-33(25)28(35)36-29(2,3)4;1-2/h5-8,14-18,21,25H,9-13H2,1-4H3,(H,30,31,32);2H,1H3. The maximum atomic E-state index is 13.6. The molecule has 0 bridgehead atoms. The van der Waals surface area contributed by atoms with Crippen LogP contribution < -0.4 is 5.32 Å². The molecule has 1 aliphatic heterocycles. The molecule has 3 aromatic rings. The van der Waals surface area contributed by atoms with E-state index in [-0.39, 0.29) is 17.9 Å². The highest BCUT2D eigenvalue weighted by molar-refractivity contribution is 7.12. The molecular formula is C30H38N4O4S. The SMILES string of the molecule is CC1CCC(Nc2ncncc2C(=O)c2cc(C3c4ccccc4CCN3C(=O)OC(C)(C)C)cs2)C1.CO. The van der Waals surface area contributed by atoms with Gasteiger partial charge in [-0.05, 0) is 80.5 Å². The van der Waals surface area contributed by atoms with E-state index in [9.17, 15) is 9.59 Å². The van der Waals surface area contributed by atoms with Gasteiger partial charge in [-0.2, -0.15) is 0 Å². The monoisotopic (exact) mass is 550 g/mol. The second-order valence-electron chi connectivity index (χ2n) is 11.1. The van der Waals surface area contributed by atoms with Gasteiger partial charge >= 0.3 is 6.09 Å². The van der Waals surface area contributed by atoms with E-state index in [1.165, 1.54) is 29.6 Å². The van der Waals surface area contributed by atoms with Gasteiger partial charge in [0.2, 0.25) is 5.78 Å². The topological polar surface area (TPSA) is 105 Å². The van der Waals surface area contributed by atoms with E-state index in [1.807, 2.05) is 44.4 Å². The second kappa shape index (κ2) is 12.3. The summed E-state index contributed by atoms with van der Waals surface area (Å²) in [5.41, 5.74) is 3.06. The fraction of sp³-hybridized carbons (Fsp3) is 0.467. The molecule has 5 rings (SSSR count). The molecule has 2 aromatic heterocycles. The summed E-state index contributed by atoms with van der Waals surface area (Å²) in [5.74, 6) is 1.15. The summed E-state index contributed by atoms with van der Waals surface area (Å²) in [6.07, 6.45) is 6.81. The van der Waals surface area contributed by atoms with Crippen molar-refractivity contribution in [3.8, 4) is 0 Å². The first-order valence-corrected chi connectivity index (χ1v) is 14.3. The van der Waals surface area contributed by atoms with E-state index in [2.05, 4.69) is 34.3 Å². The summed E-state index contributed by atoms with van der Waals surface area (Å²) < 4.78 is 5.75. The Morgan fingerprint density at radius 2 is 1.95 bits per heavy atom. The lowest BCUT2D eigenvalue weighted by atomic mass is 9.89. The summed E-state index contributed by atoms with van der Waals surface area (Å²) in [4.78, 5) is 37.8. The third-order valence-electron chi connectivity index (χ3n) is 7.06. The molecule has 1 aromatic carbocycles. The van der Waals surface area contributed by atoms with Crippen LogP contribution in [0.1, 0.15) is 84.9 Å². The third-order valence-corrected chi connectivity index (χ3v) is 8.01. The van der Waals surface area contributed by atoms with E-state index < -0.39 is 5.60 Å². The number of hydrogen-bond donors (Lipinski definition) is 2. The number of thiophene rings is 1. The number of aromatic nitrogens is 2. The van der Waals surface area contributed by atoms with Crippen molar-refractivity contribution >= 4 is 29.0 Å². The van der Waals surface area contributed by atoms with Crippen molar-refractivity contribution in [2.45, 2.75) is 71.1 Å². The maximum Gasteiger partial charge on any atom is 0.411 e. The van der Waals surface area contributed by atoms with Gasteiger partial charge in [-0.15, -0.1) is 11.3 Å². The molecule has 2 aliphatic rings. The zero-order chi connectivity index (χ0) is 28.2. The van der Waals surface area contributed by atoms with Gasteiger partial charge in [-0.3, -0.25) is 9.69 Å². The van der Waals surface area contributed by atoms with Gasteiger partial charge < -0.3 is 15.2 Å². The van der Waals surface area contributed by atoms with Crippen LogP contribution in [0.2, 0.25) is 0 Å². The zero-order valence-corrected chi connectivity index (χ0v) is 24.1. The van der Waals surface area contributed by atoms with Crippen molar-refractivity contribution < 1.29 is 19.4 Å². The van der Waals surface area contributed by atoms with Crippen LogP contribution in [-0.2, 0) is 11.2 Å². The minimum Gasteiger partial charge on any atom is -0.444 e. The van der Waals surface area contributed by atoms with Gasteiger partial charge in [-0.1, -0.05) is 31.2 Å². The fourth-order valence-corrected chi connectivity index (χ4v) is 6.21. The van der Waals surface area contributed by atoms with Crippen molar-refractivity contribution in [2.75, 3.05) is 19.0 Å². The molecular weight excluding hydrogens is 512 g/mol. The number of hydrogen-bond acceptors (Lipinski definition) is 8.